The second-order valence-corrected chi connectivity index (χ2v) is 25.1. The minimum atomic E-state index is -4.40. The van der Waals surface area contributed by atoms with Crippen LogP contribution < -0.4 is 5.73 Å². The summed E-state index contributed by atoms with van der Waals surface area (Å²) in [5.74, 6) is -0.818. The fraction of sp³-hybridized carbons (Fsp3) is 0.714. The first-order valence-corrected chi connectivity index (χ1v) is 37.5. The van der Waals surface area contributed by atoms with E-state index in [2.05, 4.69) is 135 Å². The predicted molar refractivity (Wildman–Crippen MR) is 376 cm³/mol. The molecule has 0 bridgehead atoms. The zero-order chi connectivity index (χ0) is 63.0. The molecule has 0 radical (unpaired) electrons. The fourth-order valence-corrected chi connectivity index (χ4v) is 10.9. The molecule has 0 rings (SSSR count). The molecule has 3 N–H and O–H groups in total. The van der Waals surface area contributed by atoms with Gasteiger partial charge in [-0.15, -0.1) is 0 Å². The summed E-state index contributed by atoms with van der Waals surface area (Å²) in [6.07, 6.45) is 100. The van der Waals surface area contributed by atoms with Crippen LogP contribution >= 0.6 is 7.82 Å². The van der Waals surface area contributed by atoms with Crippen molar-refractivity contribution in [3.8, 4) is 0 Å². The average molecular weight is 1230 g/mol. The molecule has 0 aliphatic rings. The number of hydrogen-bond donors (Lipinski definition) is 2. The lowest BCUT2D eigenvalue weighted by Gasteiger charge is -2.19. The lowest BCUT2D eigenvalue weighted by atomic mass is 10.0. The smallest absolute Gasteiger partial charge is 0.462 e. The summed E-state index contributed by atoms with van der Waals surface area (Å²) in [5.41, 5.74) is 5.41. The maximum Gasteiger partial charge on any atom is 0.472 e. The Bertz CT molecular complexity index is 1840. The van der Waals surface area contributed by atoms with Crippen LogP contribution in [0.15, 0.2) is 122 Å². The molecule has 87 heavy (non-hydrogen) atoms. The van der Waals surface area contributed by atoms with Crippen LogP contribution in [0.5, 0.6) is 0 Å². The molecule has 2 atom stereocenters. The van der Waals surface area contributed by atoms with Gasteiger partial charge in [0.25, 0.3) is 0 Å². The highest BCUT2D eigenvalue weighted by atomic mass is 31.2. The number of carbonyl (C=O) groups is 2. The van der Waals surface area contributed by atoms with Gasteiger partial charge in [0.2, 0.25) is 0 Å². The molecule has 0 heterocycles. The van der Waals surface area contributed by atoms with Crippen molar-refractivity contribution in [1.82, 2.24) is 0 Å². The van der Waals surface area contributed by atoms with E-state index >= 15 is 0 Å². The van der Waals surface area contributed by atoms with Crippen LogP contribution in [-0.4, -0.2) is 49.3 Å². The monoisotopic (exact) mass is 1230 g/mol. The number of rotatable bonds is 67. The normalized spacial score (nSPS) is 13.7. The summed E-state index contributed by atoms with van der Waals surface area (Å²) in [7, 11) is -4.40. The molecule has 0 spiro atoms. The molecule has 9 nitrogen and oxygen atoms in total. The number of allylic oxidation sites excluding steroid dienone is 20. The standard InChI is InChI=1S/C77H134NO8P/c1-3-5-7-9-11-13-15-17-19-21-23-25-27-29-31-33-35-37-39-41-43-45-47-49-51-53-55-57-59-61-63-65-67-69-76(79)83-73-75(74-85-87(81,82)84-72-71-78)86-77(80)70-68-66-64-62-60-58-56-54-52-50-48-46-44-42-40-38-36-34-32-30-28-26-24-22-20-18-16-14-12-10-8-6-4-2/h5-8,11-14,17-20,23-26,29-32,75H,3-4,9-10,15-16,21-22,27-28,33-74,78H2,1-2H3,(H,81,82)/b7-5-,8-6-,13-11-,14-12-,19-17-,20-18-,25-23-,26-24-,31-29-,32-30-. The highest BCUT2D eigenvalue weighted by Gasteiger charge is 2.26. The predicted octanol–water partition coefficient (Wildman–Crippen LogP) is 23.9. The van der Waals surface area contributed by atoms with E-state index in [-0.39, 0.29) is 38.6 Å². The van der Waals surface area contributed by atoms with Crippen LogP contribution in [0.3, 0.4) is 0 Å². The zero-order valence-electron chi connectivity index (χ0n) is 56.2. The van der Waals surface area contributed by atoms with Gasteiger partial charge in [0.1, 0.15) is 6.61 Å². The Morgan fingerprint density at radius 2 is 0.598 bits per heavy atom. The van der Waals surface area contributed by atoms with E-state index in [4.69, 9.17) is 24.3 Å². The van der Waals surface area contributed by atoms with Gasteiger partial charge in [0, 0.05) is 19.4 Å². The molecule has 0 saturated carbocycles. The number of carbonyl (C=O) groups excluding carboxylic acids is 2. The van der Waals surface area contributed by atoms with Crippen molar-refractivity contribution in [2.24, 2.45) is 5.73 Å². The van der Waals surface area contributed by atoms with E-state index in [1.165, 1.54) is 186 Å². The van der Waals surface area contributed by atoms with E-state index in [0.717, 1.165) is 103 Å². The Labute approximate surface area is 536 Å². The van der Waals surface area contributed by atoms with E-state index < -0.39 is 26.5 Å². The molecule has 0 amide bonds. The van der Waals surface area contributed by atoms with Crippen LogP contribution in [0.1, 0.15) is 322 Å². The first-order valence-electron chi connectivity index (χ1n) is 36.0. The summed E-state index contributed by atoms with van der Waals surface area (Å²) in [6.45, 7) is 3.55. The molecule has 0 aliphatic carbocycles. The van der Waals surface area contributed by atoms with Crippen molar-refractivity contribution in [1.29, 1.82) is 0 Å². The quantitative estimate of drug-likeness (QED) is 0.0264. The number of esters is 2. The Balaban J connectivity index is 3.85. The molecule has 500 valence electrons. The molecule has 0 aromatic carbocycles. The van der Waals surface area contributed by atoms with Crippen LogP contribution in [0.25, 0.3) is 0 Å². The van der Waals surface area contributed by atoms with Crippen LogP contribution in [-0.2, 0) is 32.7 Å². The van der Waals surface area contributed by atoms with Gasteiger partial charge >= 0.3 is 19.8 Å². The van der Waals surface area contributed by atoms with Gasteiger partial charge in [-0.2, -0.15) is 0 Å². The molecule has 0 aromatic rings. The van der Waals surface area contributed by atoms with Gasteiger partial charge in [0.05, 0.1) is 13.2 Å². The number of hydrogen-bond acceptors (Lipinski definition) is 8. The summed E-state index contributed by atoms with van der Waals surface area (Å²) in [5, 5.41) is 0. The molecule has 0 aliphatic heterocycles. The number of nitrogens with two attached hydrogens (primary N) is 1. The third-order valence-electron chi connectivity index (χ3n) is 15.3. The number of ether oxygens (including phenoxy) is 2. The maximum absolute atomic E-state index is 12.8. The van der Waals surface area contributed by atoms with E-state index in [0.29, 0.717) is 6.42 Å². The minimum Gasteiger partial charge on any atom is -0.462 e. The number of unbranched alkanes of at least 4 members (excludes halogenated alkanes) is 34. The van der Waals surface area contributed by atoms with Gasteiger partial charge in [-0.1, -0.05) is 328 Å². The zero-order valence-corrected chi connectivity index (χ0v) is 57.1. The second-order valence-electron chi connectivity index (χ2n) is 23.7. The van der Waals surface area contributed by atoms with Gasteiger partial charge in [-0.25, -0.2) is 4.57 Å². The van der Waals surface area contributed by atoms with Crippen LogP contribution in [0, 0.1) is 0 Å². The largest absolute Gasteiger partial charge is 0.472 e. The Kier molecular flexibility index (Phi) is 68.5. The third kappa shape index (κ3) is 71.4. The van der Waals surface area contributed by atoms with Crippen molar-refractivity contribution in [2.45, 2.75) is 328 Å². The number of phosphoric acid groups is 1. The van der Waals surface area contributed by atoms with Gasteiger partial charge in [-0.3, -0.25) is 18.6 Å². The van der Waals surface area contributed by atoms with E-state index in [1.54, 1.807) is 0 Å². The van der Waals surface area contributed by atoms with Crippen molar-refractivity contribution in [2.75, 3.05) is 26.4 Å². The van der Waals surface area contributed by atoms with E-state index in [9.17, 15) is 19.0 Å². The van der Waals surface area contributed by atoms with Crippen molar-refractivity contribution < 1.29 is 37.6 Å². The number of phosphoric ester groups is 1. The highest BCUT2D eigenvalue weighted by Crippen LogP contribution is 2.43. The molecule has 2 unspecified atom stereocenters. The van der Waals surface area contributed by atoms with Gasteiger partial charge in [-0.05, 0) is 103 Å². The Morgan fingerprint density at radius 3 is 0.885 bits per heavy atom. The Morgan fingerprint density at radius 1 is 0.345 bits per heavy atom. The molecular formula is C77H134NO8P. The van der Waals surface area contributed by atoms with Gasteiger partial charge in [0.15, 0.2) is 6.10 Å². The first-order chi connectivity index (χ1) is 42.8. The highest BCUT2D eigenvalue weighted by molar-refractivity contribution is 7.47. The summed E-state index contributed by atoms with van der Waals surface area (Å²) in [6, 6.07) is 0. The summed E-state index contributed by atoms with van der Waals surface area (Å²) >= 11 is 0. The average Bonchev–Trinajstić information content (AvgIpc) is 3.55. The Hall–Kier alpha value is -3.59. The maximum atomic E-state index is 12.8. The summed E-state index contributed by atoms with van der Waals surface area (Å²) in [4.78, 5) is 35.4. The molecule has 0 saturated heterocycles. The fourth-order valence-electron chi connectivity index (χ4n) is 10.1. The van der Waals surface area contributed by atoms with Gasteiger partial charge < -0.3 is 20.1 Å². The topological polar surface area (TPSA) is 134 Å². The first kappa shape index (κ1) is 83.4. The SMILES string of the molecule is CC/C=C\C/C=C\C/C=C\C/C=C\C/C=C\CCCCCCCCCCCCCCCCCCCC(=O)OCC(COP(=O)(O)OCCN)OC(=O)CCCCCCCCCCCCCCCCCCC/C=C\C/C=C\C/C=C\C/C=C\C/C=C\CC. The third-order valence-corrected chi connectivity index (χ3v) is 16.3. The lowest BCUT2D eigenvalue weighted by Crippen LogP contribution is -2.29. The molecular weight excluding hydrogens is 1100 g/mol. The van der Waals surface area contributed by atoms with E-state index in [1.807, 2.05) is 0 Å². The van der Waals surface area contributed by atoms with Crippen molar-refractivity contribution in [3.63, 3.8) is 0 Å². The van der Waals surface area contributed by atoms with Crippen molar-refractivity contribution in [3.05, 3.63) is 122 Å². The second kappa shape index (κ2) is 71.5. The van der Waals surface area contributed by atoms with Crippen LogP contribution in [0.2, 0.25) is 0 Å². The lowest BCUT2D eigenvalue weighted by molar-refractivity contribution is -0.161. The minimum absolute atomic E-state index is 0.0509. The molecule has 0 aromatic heterocycles. The molecule has 0 fully saturated rings. The molecule has 10 heteroatoms. The van der Waals surface area contributed by atoms with Crippen LogP contribution in [0.4, 0.5) is 0 Å². The summed E-state index contributed by atoms with van der Waals surface area (Å²) < 4.78 is 33.2. The van der Waals surface area contributed by atoms with Crippen molar-refractivity contribution >= 4 is 19.8 Å².